The summed E-state index contributed by atoms with van der Waals surface area (Å²) in [6, 6.07) is 7.81. The van der Waals surface area contributed by atoms with Crippen LogP contribution in [-0.2, 0) is 4.79 Å². The number of anilines is 2. The highest BCUT2D eigenvalue weighted by molar-refractivity contribution is 6.14. The first kappa shape index (κ1) is 32.8. The number of carbonyl (C=O) groups is 1. The van der Waals surface area contributed by atoms with Gasteiger partial charge in [-0.2, -0.15) is 15.2 Å². The average molecular weight is 672 g/mol. The second-order valence-electron chi connectivity index (χ2n) is 11.7. The number of furan rings is 1. The van der Waals surface area contributed by atoms with Crippen molar-refractivity contribution in [2.24, 2.45) is 0 Å². The lowest BCUT2D eigenvalue weighted by Gasteiger charge is -2.41. The number of likely N-dealkylation sites (tertiary alicyclic amines) is 1. The van der Waals surface area contributed by atoms with Gasteiger partial charge in [0, 0.05) is 48.9 Å². The van der Waals surface area contributed by atoms with Crippen molar-refractivity contribution in [2.75, 3.05) is 50.5 Å². The van der Waals surface area contributed by atoms with Gasteiger partial charge < -0.3 is 29.4 Å². The molecule has 2 aromatic heterocycles. The van der Waals surface area contributed by atoms with Crippen molar-refractivity contribution in [3.05, 3.63) is 49.0 Å². The van der Waals surface area contributed by atoms with Gasteiger partial charge in [-0.05, 0) is 49.4 Å². The SMILES string of the molecule is C=C(F)C(=O)N1CCN(c2nc(OC[C@@H]3C[C@@H](F)CN3C)nc3cc(-c4cc(N)ccc4OC(F)(F)F)c4ccoc4c23)C[C@@H]1CC#N. The van der Waals surface area contributed by atoms with Crippen LogP contribution in [0.4, 0.5) is 33.5 Å². The van der Waals surface area contributed by atoms with E-state index in [1.54, 1.807) is 24.1 Å². The predicted octanol–water partition coefficient (Wildman–Crippen LogP) is 5.36. The normalized spacial score (nSPS) is 20.3. The van der Waals surface area contributed by atoms with E-state index in [4.69, 9.17) is 19.9 Å². The molecule has 48 heavy (non-hydrogen) atoms. The summed E-state index contributed by atoms with van der Waals surface area (Å²) < 4.78 is 84.4. The molecule has 2 aliphatic heterocycles. The number of likely N-dealkylation sites (N-methyl/N-ethyl adjacent to an activating group) is 1. The number of benzene rings is 2. The Kier molecular flexibility index (Phi) is 8.73. The van der Waals surface area contributed by atoms with Crippen LogP contribution in [-0.4, -0.2) is 90.1 Å². The molecule has 0 spiro atoms. The number of carbonyl (C=O) groups excluding carboxylic acids is 1. The van der Waals surface area contributed by atoms with Crippen molar-refractivity contribution in [1.29, 1.82) is 5.26 Å². The highest BCUT2D eigenvalue weighted by atomic mass is 19.4. The Bertz CT molecular complexity index is 1930. The van der Waals surface area contributed by atoms with Crippen molar-refractivity contribution in [1.82, 2.24) is 19.8 Å². The van der Waals surface area contributed by atoms with E-state index in [9.17, 15) is 32.0 Å². The van der Waals surface area contributed by atoms with E-state index < -0.39 is 36.1 Å². The number of hydrogen-bond donors (Lipinski definition) is 1. The number of nitrogens with zero attached hydrogens (tertiary/aromatic N) is 6. The van der Waals surface area contributed by atoms with Crippen LogP contribution in [0.3, 0.4) is 0 Å². The minimum atomic E-state index is -4.99. The first-order valence-electron chi connectivity index (χ1n) is 14.9. The second-order valence-corrected chi connectivity index (χ2v) is 11.7. The van der Waals surface area contributed by atoms with Crippen molar-refractivity contribution in [3.63, 3.8) is 0 Å². The minimum absolute atomic E-state index is 0.0255. The molecule has 6 rings (SSSR count). The third kappa shape index (κ3) is 6.50. The quantitative estimate of drug-likeness (QED) is 0.148. The number of piperazine rings is 1. The monoisotopic (exact) mass is 671 g/mol. The van der Waals surface area contributed by atoms with Crippen LogP contribution in [0.5, 0.6) is 11.8 Å². The van der Waals surface area contributed by atoms with E-state index in [2.05, 4.69) is 16.3 Å². The topological polar surface area (TPSA) is 134 Å². The van der Waals surface area contributed by atoms with Gasteiger partial charge in [-0.15, -0.1) is 13.2 Å². The molecule has 2 fully saturated rings. The van der Waals surface area contributed by atoms with E-state index in [1.807, 2.05) is 11.0 Å². The lowest BCUT2D eigenvalue weighted by Crippen LogP contribution is -2.55. The van der Waals surface area contributed by atoms with Crippen molar-refractivity contribution in [2.45, 2.75) is 37.5 Å². The van der Waals surface area contributed by atoms with E-state index in [1.165, 1.54) is 23.3 Å². The van der Waals surface area contributed by atoms with Crippen LogP contribution >= 0.6 is 0 Å². The Hall–Kier alpha value is -5.17. The highest BCUT2D eigenvalue weighted by Crippen LogP contribution is 2.44. The van der Waals surface area contributed by atoms with Crippen molar-refractivity contribution < 1.29 is 40.6 Å². The fourth-order valence-electron chi connectivity index (χ4n) is 6.31. The molecule has 0 radical (unpaired) electrons. The summed E-state index contributed by atoms with van der Waals surface area (Å²) in [5, 5.41) is 10.3. The molecule has 2 aromatic carbocycles. The fraction of sp³-hybridized carbons (Fsp3) is 0.375. The molecular weight excluding hydrogens is 641 g/mol. The standard InChI is InChI=1S/C32H30F5N7O4/c1-17(33)30(45)44-9-8-43(15-20(44)5-7-38)29-27-25(40-31(41-29)47-16-21-11-18(34)14-42(21)2)13-23(22-6-10-46-28(22)27)24-12-19(39)3-4-26(24)48-32(35,36)37/h3-4,6,10,12-13,18,20-21H,1,5,8-9,11,14-16,39H2,2H3/t18-,20+,21+/m1/s1. The number of rotatable bonds is 8. The van der Waals surface area contributed by atoms with Crippen LogP contribution < -0.4 is 20.1 Å². The molecule has 11 nitrogen and oxygen atoms in total. The Morgan fingerprint density at radius 3 is 2.65 bits per heavy atom. The number of alkyl halides is 4. The lowest BCUT2D eigenvalue weighted by molar-refractivity contribution is -0.274. The molecule has 252 valence electrons. The number of amides is 1. The van der Waals surface area contributed by atoms with Crippen LogP contribution in [0.15, 0.2) is 53.4 Å². The molecule has 0 bridgehead atoms. The van der Waals surface area contributed by atoms with Crippen LogP contribution in [0.25, 0.3) is 33.0 Å². The molecule has 2 saturated heterocycles. The zero-order valence-corrected chi connectivity index (χ0v) is 25.6. The zero-order chi connectivity index (χ0) is 34.3. The Balaban J connectivity index is 1.50. The van der Waals surface area contributed by atoms with Gasteiger partial charge in [-0.1, -0.05) is 6.58 Å². The van der Waals surface area contributed by atoms with Crippen LogP contribution in [0.2, 0.25) is 0 Å². The number of nitrogens with two attached hydrogens (primary N) is 1. The molecule has 4 heterocycles. The van der Waals surface area contributed by atoms with Gasteiger partial charge in [0.2, 0.25) is 0 Å². The summed E-state index contributed by atoms with van der Waals surface area (Å²) in [5.41, 5.74) is 6.92. The summed E-state index contributed by atoms with van der Waals surface area (Å²) >= 11 is 0. The fourth-order valence-corrected chi connectivity index (χ4v) is 6.31. The summed E-state index contributed by atoms with van der Waals surface area (Å²) in [6.07, 6.45) is -4.51. The Morgan fingerprint density at radius 1 is 1.17 bits per heavy atom. The maximum absolute atomic E-state index is 14.1. The summed E-state index contributed by atoms with van der Waals surface area (Å²) in [5.74, 6) is -2.28. The van der Waals surface area contributed by atoms with E-state index in [0.717, 1.165) is 6.07 Å². The third-order valence-corrected chi connectivity index (χ3v) is 8.52. The molecular formula is C32H30F5N7O4. The van der Waals surface area contributed by atoms with E-state index in [-0.39, 0.29) is 91.4 Å². The van der Waals surface area contributed by atoms with E-state index >= 15 is 0 Å². The Labute approximate surface area is 270 Å². The van der Waals surface area contributed by atoms with E-state index in [0.29, 0.717) is 10.8 Å². The molecule has 16 heteroatoms. The van der Waals surface area contributed by atoms with Gasteiger partial charge in [0.15, 0.2) is 5.83 Å². The zero-order valence-electron chi connectivity index (χ0n) is 25.6. The van der Waals surface area contributed by atoms with Crippen LogP contribution in [0, 0.1) is 11.3 Å². The van der Waals surface area contributed by atoms with Gasteiger partial charge in [-0.25, -0.2) is 8.78 Å². The first-order valence-corrected chi connectivity index (χ1v) is 14.9. The first-order chi connectivity index (χ1) is 22.8. The maximum Gasteiger partial charge on any atom is 0.573 e. The smallest absolute Gasteiger partial charge is 0.463 e. The third-order valence-electron chi connectivity index (χ3n) is 8.52. The van der Waals surface area contributed by atoms with Crippen LogP contribution in [0.1, 0.15) is 12.8 Å². The largest absolute Gasteiger partial charge is 0.573 e. The summed E-state index contributed by atoms with van der Waals surface area (Å²) in [7, 11) is 1.77. The summed E-state index contributed by atoms with van der Waals surface area (Å²) in [4.78, 5) is 26.7. The highest BCUT2D eigenvalue weighted by Gasteiger charge is 2.36. The van der Waals surface area contributed by atoms with Gasteiger partial charge >= 0.3 is 12.4 Å². The molecule has 0 unspecified atom stereocenters. The molecule has 0 aliphatic carbocycles. The maximum atomic E-state index is 14.1. The number of hydrogen-bond acceptors (Lipinski definition) is 10. The molecule has 3 atom stereocenters. The number of aromatic nitrogens is 2. The summed E-state index contributed by atoms with van der Waals surface area (Å²) in [6.45, 7) is 3.65. The van der Waals surface area contributed by atoms with Crippen molar-refractivity contribution >= 4 is 39.3 Å². The minimum Gasteiger partial charge on any atom is -0.463 e. The number of ether oxygens (including phenoxy) is 2. The predicted molar refractivity (Wildman–Crippen MR) is 165 cm³/mol. The number of halogens is 5. The van der Waals surface area contributed by atoms with Gasteiger partial charge in [0.25, 0.3) is 5.91 Å². The number of fused-ring (bicyclic) bond motifs is 3. The Morgan fingerprint density at radius 2 is 1.96 bits per heavy atom. The number of nitriles is 1. The van der Waals surface area contributed by atoms with Crippen molar-refractivity contribution in [3.8, 4) is 29.0 Å². The lowest BCUT2D eigenvalue weighted by atomic mass is 9.97. The van der Waals surface area contributed by atoms with Gasteiger partial charge in [-0.3, -0.25) is 9.69 Å². The molecule has 0 saturated carbocycles. The number of nitrogen functional groups attached to an aromatic ring is 1. The second kappa shape index (κ2) is 12.8. The molecule has 2 N–H and O–H groups in total. The van der Waals surface area contributed by atoms with Gasteiger partial charge in [0.05, 0.1) is 35.7 Å². The van der Waals surface area contributed by atoms with Gasteiger partial charge in [0.1, 0.15) is 29.9 Å². The average Bonchev–Trinajstić information content (AvgIpc) is 3.65. The molecule has 2 aliphatic rings. The molecule has 1 amide bonds. The molecule has 4 aromatic rings.